The van der Waals surface area contributed by atoms with Gasteiger partial charge in [-0.15, -0.1) is 11.3 Å². The van der Waals surface area contributed by atoms with Crippen molar-refractivity contribution in [3.8, 4) is 0 Å². The maximum Gasteiger partial charge on any atom is 0.258 e. The molecule has 1 heterocycles. The number of rotatable bonds is 1. The molecule has 0 radical (unpaired) electrons. The van der Waals surface area contributed by atoms with Crippen LogP contribution in [0.5, 0.6) is 0 Å². The number of hydrogen-bond acceptors (Lipinski definition) is 3. The first-order chi connectivity index (χ1) is 4.61. The zero-order valence-corrected chi connectivity index (χ0v) is 6.37. The summed E-state index contributed by atoms with van der Waals surface area (Å²) in [5, 5.41) is 0.661. The van der Waals surface area contributed by atoms with Crippen molar-refractivity contribution in [2.24, 2.45) is 5.73 Å². The van der Waals surface area contributed by atoms with Gasteiger partial charge < -0.3 is 11.5 Å². The fraction of sp³-hybridized carbons (Fsp3) is 0.167. The summed E-state index contributed by atoms with van der Waals surface area (Å²) in [6.07, 6.45) is 0. The lowest BCUT2D eigenvalue weighted by Gasteiger charge is -1.81. The molecule has 0 saturated heterocycles. The van der Waals surface area contributed by atoms with Crippen LogP contribution in [0, 0.1) is 6.92 Å². The highest BCUT2D eigenvalue weighted by Crippen LogP contribution is 2.22. The molecule has 54 valence electrons. The fourth-order valence-corrected chi connectivity index (χ4v) is 1.41. The molecule has 10 heavy (non-hydrogen) atoms. The van der Waals surface area contributed by atoms with Gasteiger partial charge in [0.05, 0.1) is 9.88 Å². The number of aryl methyl sites for hydroxylation is 1. The Labute approximate surface area is 62.6 Å². The van der Waals surface area contributed by atoms with Crippen LogP contribution in [0.15, 0.2) is 6.07 Å². The van der Waals surface area contributed by atoms with E-state index in [4.69, 9.17) is 11.5 Å². The van der Waals surface area contributed by atoms with E-state index in [1.165, 1.54) is 11.3 Å². The quantitative estimate of drug-likeness (QED) is 0.629. The first-order valence-electron chi connectivity index (χ1n) is 2.77. The van der Waals surface area contributed by atoms with E-state index in [2.05, 4.69) is 0 Å². The average Bonchev–Trinajstić information content (AvgIpc) is 2.13. The zero-order valence-electron chi connectivity index (χ0n) is 5.55. The Balaban J connectivity index is 3.10. The predicted octanol–water partition coefficient (Wildman–Crippen LogP) is 0.738. The Morgan fingerprint density at radius 2 is 2.30 bits per heavy atom. The van der Waals surface area contributed by atoms with Gasteiger partial charge in [-0.2, -0.15) is 0 Å². The van der Waals surface area contributed by atoms with E-state index in [0.29, 0.717) is 9.88 Å². The first kappa shape index (κ1) is 7.08. The molecule has 1 rings (SSSR count). The Morgan fingerprint density at radius 3 is 2.50 bits per heavy atom. The number of thiophene rings is 1. The van der Waals surface area contributed by atoms with Crippen molar-refractivity contribution in [1.82, 2.24) is 0 Å². The van der Waals surface area contributed by atoms with Gasteiger partial charge >= 0.3 is 0 Å². The molecule has 0 bridgehead atoms. The van der Waals surface area contributed by atoms with Gasteiger partial charge in [-0.3, -0.25) is 4.79 Å². The summed E-state index contributed by atoms with van der Waals surface area (Å²) in [5.41, 5.74) is 11.4. The molecule has 0 spiro atoms. The topological polar surface area (TPSA) is 69.1 Å². The largest absolute Gasteiger partial charge is 0.390 e. The van der Waals surface area contributed by atoms with Crippen molar-refractivity contribution in [3.63, 3.8) is 0 Å². The smallest absolute Gasteiger partial charge is 0.258 e. The van der Waals surface area contributed by atoms with E-state index in [-0.39, 0.29) is 0 Å². The number of hydrogen-bond donors (Lipinski definition) is 2. The number of nitrogen functional groups attached to an aromatic ring is 1. The van der Waals surface area contributed by atoms with Gasteiger partial charge in [0.25, 0.3) is 5.91 Å². The second kappa shape index (κ2) is 2.30. The Kier molecular flexibility index (Phi) is 1.63. The van der Waals surface area contributed by atoms with Gasteiger partial charge in [-0.05, 0) is 18.6 Å². The molecule has 0 aromatic carbocycles. The third-order valence-electron chi connectivity index (χ3n) is 1.20. The van der Waals surface area contributed by atoms with Crippen molar-refractivity contribution in [2.75, 3.05) is 5.73 Å². The fourth-order valence-electron chi connectivity index (χ4n) is 0.618. The molecule has 0 unspecified atom stereocenters. The minimum absolute atomic E-state index is 0.412. The summed E-state index contributed by atoms with van der Waals surface area (Å²) in [6.45, 7) is 1.85. The minimum Gasteiger partial charge on any atom is -0.390 e. The molecule has 0 aliphatic carbocycles. The molecular formula is C6H8N2OS. The molecule has 0 aliphatic heterocycles. The number of anilines is 1. The monoisotopic (exact) mass is 156 g/mol. The molecular weight excluding hydrogens is 148 g/mol. The van der Waals surface area contributed by atoms with Gasteiger partial charge in [0.15, 0.2) is 0 Å². The van der Waals surface area contributed by atoms with Crippen LogP contribution in [0.25, 0.3) is 0 Å². The average molecular weight is 156 g/mol. The molecule has 1 aromatic heterocycles. The van der Waals surface area contributed by atoms with Crippen LogP contribution in [0.4, 0.5) is 5.00 Å². The van der Waals surface area contributed by atoms with Crippen LogP contribution in [0.3, 0.4) is 0 Å². The molecule has 1 aromatic rings. The molecule has 0 fully saturated rings. The Bertz CT molecular complexity index is 247. The third kappa shape index (κ3) is 1.11. The number of carbonyl (C=O) groups excluding carboxylic acids is 1. The van der Waals surface area contributed by atoms with Gasteiger partial charge in [0.1, 0.15) is 0 Å². The molecule has 4 heteroatoms. The summed E-state index contributed by atoms with van der Waals surface area (Å²) >= 11 is 1.23. The van der Waals surface area contributed by atoms with Crippen molar-refractivity contribution in [2.45, 2.75) is 6.92 Å². The predicted molar refractivity (Wildman–Crippen MR) is 42.0 cm³/mol. The maximum atomic E-state index is 10.5. The van der Waals surface area contributed by atoms with E-state index in [1.54, 1.807) is 6.07 Å². The number of nitrogens with two attached hydrogens (primary N) is 2. The number of amides is 1. The third-order valence-corrected chi connectivity index (χ3v) is 2.28. The van der Waals surface area contributed by atoms with E-state index in [0.717, 1.165) is 5.56 Å². The Morgan fingerprint density at radius 1 is 1.70 bits per heavy atom. The lowest BCUT2D eigenvalue weighted by atomic mass is 10.3. The van der Waals surface area contributed by atoms with E-state index in [1.807, 2.05) is 6.92 Å². The highest BCUT2D eigenvalue weighted by molar-refractivity contribution is 7.17. The van der Waals surface area contributed by atoms with Crippen molar-refractivity contribution in [1.29, 1.82) is 0 Å². The van der Waals surface area contributed by atoms with Crippen LogP contribution in [0.1, 0.15) is 15.2 Å². The second-order valence-corrected chi connectivity index (χ2v) is 3.11. The van der Waals surface area contributed by atoms with Crippen molar-refractivity contribution in [3.05, 3.63) is 16.5 Å². The number of carbonyl (C=O) groups is 1. The van der Waals surface area contributed by atoms with E-state index in [9.17, 15) is 4.79 Å². The Hall–Kier alpha value is -1.03. The standard InChI is InChI=1S/C6H8N2OS/c1-3-2-4(5(7)9)10-6(3)8/h2H,8H2,1H3,(H2,7,9). The van der Waals surface area contributed by atoms with E-state index < -0.39 is 5.91 Å². The second-order valence-electron chi connectivity index (χ2n) is 2.02. The van der Waals surface area contributed by atoms with E-state index >= 15 is 0 Å². The van der Waals surface area contributed by atoms with Gasteiger partial charge in [-0.1, -0.05) is 0 Å². The normalized spacial score (nSPS) is 9.70. The van der Waals surface area contributed by atoms with Crippen LogP contribution < -0.4 is 11.5 Å². The first-order valence-corrected chi connectivity index (χ1v) is 3.58. The highest BCUT2D eigenvalue weighted by Gasteiger charge is 2.05. The van der Waals surface area contributed by atoms with Gasteiger partial charge in [0, 0.05) is 0 Å². The van der Waals surface area contributed by atoms with Gasteiger partial charge in [-0.25, -0.2) is 0 Å². The number of primary amides is 1. The van der Waals surface area contributed by atoms with Crippen LogP contribution in [-0.4, -0.2) is 5.91 Å². The molecule has 0 aliphatic rings. The summed E-state index contributed by atoms with van der Waals surface area (Å²) < 4.78 is 0. The zero-order chi connectivity index (χ0) is 7.72. The molecule has 1 amide bonds. The lowest BCUT2D eigenvalue weighted by molar-refractivity contribution is 0.100. The summed E-state index contributed by atoms with van der Waals surface area (Å²) in [7, 11) is 0. The SMILES string of the molecule is Cc1cc(C(N)=O)sc1N. The highest BCUT2D eigenvalue weighted by atomic mass is 32.1. The summed E-state index contributed by atoms with van der Waals surface area (Å²) in [6, 6.07) is 1.70. The maximum absolute atomic E-state index is 10.5. The summed E-state index contributed by atoms with van der Waals surface area (Å²) in [4.78, 5) is 11.1. The van der Waals surface area contributed by atoms with Crippen molar-refractivity contribution >= 4 is 22.2 Å². The molecule has 0 atom stereocenters. The van der Waals surface area contributed by atoms with Gasteiger partial charge in [0.2, 0.25) is 0 Å². The van der Waals surface area contributed by atoms with Crippen LogP contribution >= 0.6 is 11.3 Å². The van der Waals surface area contributed by atoms with Crippen LogP contribution in [-0.2, 0) is 0 Å². The van der Waals surface area contributed by atoms with Crippen molar-refractivity contribution < 1.29 is 4.79 Å². The molecule has 0 saturated carbocycles. The molecule has 3 nitrogen and oxygen atoms in total. The summed E-state index contributed by atoms with van der Waals surface area (Å²) in [5.74, 6) is -0.412. The van der Waals surface area contributed by atoms with Crippen LogP contribution in [0.2, 0.25) is 0 Å². The molecule has 4 N–H and O–H groups in total. The lowest BCUT2D eigenvalue weighted by Crippen LogP contribution is -2.08. The minimum atomic E-state index is -0.412.